The lowest BCUT2D eigenvalue weighted by Crippen LogP contribution is -1.92. The second-order valence-electron chi connectivity index (χ2n) is 3.38. The molecule has 0 amide bonds. The molecular weight excluding hydrogens is 132 g/mol. The maximum atomic E-state index is 5.61. The van der Waals surface area contributed by atoms with Gasteiger partial charge in [-0.3, -0.25) is 0 Å². The Kier molecular flexibility index (Phi) is 2.40. The Hall–Kier alpha value is 0.290. The van der Waals surface area contributed by atoms with E-state index in [0.717, 1.165) is 23.6 Å². The average Bonchev–Trinajstić information content (AvgIpc) is 2.47. The van der Waals surface area contributed by atoms with Gasteiger partial charge in [0.15, 0.2) is 0 Å². The van der Waals surface area contributed by atoms with Gasteiger partial charge in [-0.2, -0.15) is 0 Å². The Balaban J connectivity index is 2.09. The zero-order valence-corrected chi connectivity index (χ0v) is 6.99. The Morgan fingerprint density at radius 1 is 1.56 bits per heavy atom. The van der Waals surface area contributed by atoms with Crippen molar-refractivity contribution >= 4 is 11.6 Å². The average molecular weight is 147 g/mol. The van der Waals surface area contributed by atoms with E-state index < -0.39 is 0 Å². The van der Waals surface area contributed by atoms with Gasteiger partial charge in [-0.15, -0.1) is 11.6 Å². The lowest BCUT2D eigenvalue weighted by Gasteiger charge is -1.99. The minimum Gasteiger partial charge on any atom is -0.127 e. The van der Waals surface area contributed by atoms with Crippen LogP contribution in [0.4, 0.5) is 0 Å². The summed E-state index contributed by atoms with van der Waals surface area (Å²) in [6.07, 6.45) is 2.68. The van der Waals surface area contributed by atoms with Crippen LogP contribution in [0.5, 0.6) is 0 Å². The van der Waals surface area contributed by atoms with Crippen LogP contribution in [-0.4, -0.2) is 5.88 Å². The second kappa shape index (κ2) is 2.92. The zero-order valence-electron chi connectivity index (χ0n) is 6.23. The normalized spacial score (nSPS) is 33.3. The first-order chi connectivity index (χ1) is 4.25. The van der Waals surface area contributed by atoms with Crippen LogP contribution in [0.2, 0.25) is 0 Å². The van der Waals surface area contributed by atoms with Crippen molar-refractivity contribution in [3.8, 4) is 0 Å². The Bertz CT molecular complexity index is 88.6. The molecule has 9 heavy (non-hydrogen) atoms. The van der Waals surface area contributed by atoms with E-state index in [0.29, 0.717) is 0 Å². The lowest BCUT2D eigenvalue weighted by molar-refractivity contribution is 0.513. The maximum absolute atomic E-state index is 5.61. The summed E-state index contributed by atoms with van der Waals surface area (Å²) in [5, 5.41) is 0. The molecular formula is C8H15Cl. The largest absolute Gasteiger partial charge is 0.127 e. The van der Waals surface area contributed by atoms with Gasteiger partial charge in [0.05, 0.1) is 0 Å². The van der Waals surface area contributed by atoms with E-state index in [-0.39, 0.29) is 0 Å². The molecule has 2 unspecified atom stereocenters. The fourth-order valence-corrected chi connectivity index (χ4v) is 1.84. The Labute approximate surface area is 62.6 Å². The first-order valence-electron chi connectivity index (χ1n) is 3.81. The van der Waals surface area contributed by atoms with Crippen LogP contribution in [0.15, 0.2) is 0 Å². The van der Waals surface area contributed by atoms with Gasteiger partial charge in [0.1, 0.15) is 0 Å². The summed E-state index contributed by atoms with van der Waals surface area (Å²) in [6.45, 7) is 4.61. The summed E-state index contributed by atoms with van der Waals surface area (Å²) < 4.78 is 0. The van der Waals surface area contributed by atoms with Crippen molar-refractivity contribution in [1.29, 1.82) is 0 Å². The molecule has 1 saturated carbocycles. The van der Waals surface area contributed by atoms with Crippen LogP contribution in [0.1, 0.15) is 26.7 Å². The SMILES string of the molecule is CC(C)C1CC1CCCl. The molecule has 1 rings (SSSR count). The Morgan fingerprint density at radius 2 is 2.22 bits per heavy atom. The van der Waals surface area contributed by atoms with E-state index in [1.54, 1.807) is 0 Å². The van der Waals surface area contributed by atoms with Gasteiger partial charge < -0.3 is 0 Å². The lowest BCUT2D eigenvalue weighted by atomic mass is 10.1. The molecule has 1 aliphatic rings. The highest BCUT2D eigenvalue weighted by atomic mass is 35.5. The van der Waals surface area contributed by atoms with Gasteiger partial charge in [0.2, 0.25) is 0 Å². The molecule has 0 spiro atoms. The molecule has 0 aromatic carbocycles. The van der Waals surface area contributed by atoms with E-state index in [1.165, 1.54) is 12.8 Å². The quantitative estimate of drug-likeness (QED) is 0.538. The van der Waals surface area contributed by atoms with Crippen molar-refractivity contribution in [2.45, 2.75) is 26.7 Å². The minimum atomic E-state index is 0.855. The highest BCUT2D eigenvalue weighted by molar-refractivity contribution is 6.17. The van der Waals surface area contributed by atoms with Crippen molar-refractivity contribution in [2.75, 3.05) is 5.88 Å². The number of rotatable bonds is 3. The third kappa shape index (κ3) is 1.86. The van der Waals surface area contributed by atoms with E-state index in [9.17, 15) is 0 Å². The van der Waals surface area contributed by atoms with E-state index in [2.05, 4.69) is 13.8 Å². The fourth-order valence-electron chi connectivity index (χ4n) is 1.56. The monoisotopic (exact) mass is 146 g/mol. The molecule has 0 nitrogen and oxygen atoms in total. The summed E-state index contributed by atoms with van der Waals surface area (Å²) in [6, 6.07) is 0. The van der Waals surface area contributed by atoms with Crippen molar-refractivity contribution in [1.82, 2.24) is 0 Å². The smallest absolute Gasteiger partial charge is 0.0226 e. The van der Waals surface area contributed by atoms with Crippen molar-refractivity contribution in [2.24, 2.45) is 17.8 Å². The predicted molar refractivity (Wildman–Crippen MR) is 41.8 cm³/mol. The van der Waals surface area contributed by atoms with E-state index in [4.69, 9.17) is 11.6 Å². The van der Waals surface area contributed by atoms with Crippen LogP contribution < -0.4 is 0 Å². The minimum absolute atomic E-state index is 0.855. The van der Waals surface area contributed by atoms with Crippen molar-refractivity contribution in [3.63, 3.8) is 0 Å². The summed E-state index contributed by atoms with van der Waals surface area (Å²) in [7, 11) is 0. The molecule has 0 bridgehead atoms. The van der Waals surface area contributed by atoms with Gasteiger partial charge in [0.25, 0.3) is 0 Å². The molecule has 0 N–H and O–H groups in total. The molecule has 1 aliphatic carbocycles. The molecule has 0 heterocycles. The van der Waals surface area contributed by atoms with Crippen LogP contribution >= 0.6 is 11.6 Å². The third-order valence-electron chi connectivity index (χ3n) is 2.31. The molecule has 0 radical (unpaired) electrons. The van der Waals surface area contributed by atoms with Gasteiger partial charge >= 0.3 is 0 Å². The standard InChI is InChI=1S/C8H15Cl/c1-6(2)8-5-7(8)3-4-9/h6-8H,3-5H2,1-2H3. The molecule has 0 aromatic heterocycles. The molecule has 0 aromatic rings. The van der Waals surface area contributed by atoms with E-state index >= 15 is 0 Å². The molecule has 0 aliphatic heterocycles. The summed E-state index contributed by atoms with van der Waals surface area (Å²) >= 11 is 5.61. The van der Waals surface area contributed by atoms with Crippen LogP contribution in [0.3, 0.4) is 0 Å². The van der Waals surface area contributed by atoms with Gasteiger partial charge in [-0.05, 0) is 30.6 Å². The number of hydrogen-bond donors (Lipinski definition) is 0. The molecule has 1 heteroatoms. The number of alkyl halides is 1. The first-order valence-corrected chi connectivity index (χ1v) is 4.35. The van der Waals surface area contributed by atoms with Crippen LogP contribution in [0.25, 0.3) is 0 Å². The molecule has 1 fully saturated rings. The predicted octanol–water partition coefficient (Wildman–Crippen LogP) is 2.91. The second-order valence-corrected chi connectivity index (χ2v) is 3.76. The summed E-state index contributed by atoms with van der Waals surface area (Å²) in [5.41, 5.74) is 0. The van der Waals surface area contributed by atoms with Crippen molar-refractivity contribution in [3.05, 3.63) is 0 Å². The molecule has 0 saturated heterocycles. The first kappa shape index (κ1) is 7.40. The van der Waals surface area contributed by atoms with Gasteiger partial charge in [0, 0.05) is 5.88 Å². The Morgan fingerprint density at radius 3 is 2.56 bits per heavy atom. The third-order valence-corrected chi connectivity index (χ3v) is 2.53. The van der Waals surface area contributed by atoms with E-state index in [1.807, 2.05) is 0 Å². The maximum Gasteiger partial charge on any atom is 0.0226 e. The van der Waals surface area contributed by atoms with Gasteiger partial charge in [-0.25, -0.2) is 0 Å². The highest BCUT2D eigenvalue weighted by Crippen LogP contribution is 2.46. The van der Waals surface area contributed by atoms with Crippen molar-refractivity contribution < 1.29 is 0 Å². The highest BCUT2D eigenvalue weighted by Gasteiger charge is 2.37. The van der Waals surface area contributed by atoms with Crippen LogP contribution in [0, 0.1) is 17.8 Å². The summed E-state index contributed by atoms with van der Waals surface area (Å²) in [4.78, 5) is 0. The van der Waals surface area contributed by atoms with Crippen LogP contribution in [-0.2, 0) is 0 Å². The zero-order chi connectivity index (χ0) is 6.85. The molecule has 54 valence electrons. The fraction of sp³-hybridized carbons (Fsp3) is 1.00. The topological polar surface area (TPSA) is 0 Å². The molecule has 2 atom stereocenters. The number of hydrogen-bond acceptors (Lipinski definition) is 0. The van der Waals surface area contributed by atoms with Gasteiger partial charge in [-0.1, -0.05) is 13.8 Å². The summed E-state index contributed by atoms with van der Waals surface area (Å²) in [5.74, 6) is 3.72. The number of halogens is 1.